The Kier molecular flexibility index (Phi) is 7.98. The zero-order valence-corrected chi connectivity index (χ0v) is 17.9. The molecule has 0 N–H and O–H groups in total. The molecule has 28 heavy (non-hydrogen) atoms. The Balaban J connectivity index is 1.89. The van der Waals surface area contributed by atoms with Gasteiger partial charge in [0.05, 0.1) is 6.54 Å². The molecule has 1 aromatic carbocycles. The third-order valence-corrected chi connectivity index (χ3v) is 4.96. The average molecular weight is 392 g/mol. The second kappa shape index (κ2) is 10.0. The van der Waals surface area contributed by atoms with Crippen molar-refractivity contribution in [3.8, 4) is 0 Å². The highest BCUT2D eigenvalue weighted by atomic mass is 19.1. The molecular weight excluding hydrogens is 357 g/mol. The summed E-state index contributed by atoms with van der Waals surface area (Å²) in [5.74, 6) is 0.526. The maximum Gasteiger partial charge on any atom is 0.254 e. The van der Waals surface area contributed by atoms with E-state index >= 15 is 0 Å². The van der Waals surface area contributed by atoms with E-state index in [-0.39, 0.29) is 17.6 Å². The summed E-state index contributed by atoms with van der Waals surface area (Å²) < 4.78 is 13.7. The van der Waals surface area contributed by atoms with E-state index in [9.17, 15) is 14.0 Å². The number of carbonyl (C=O) groups is 2. The van der Waals surface area contributed by atoms with Crippen LogP contribution in [0.25, 0.3) is 0 Å². The van der Waals surface area contributed by atoms with Gasteiger partial charge in [0.25, 0.3) is 5.91 Å². The molecule has 0 unspecified atom stereocenters. The Hall–Kier alpha value is -1.95. The van der Waals surface area contributed by atoms with Crippen molar-refractivity contribution in [3.05, 3.63) is 35.1 Å². The van der Waals surface area contributed by atoms with Crippen LogP contribution in [0.4, 0.5) is 4.39 Å². The number of hydrogen-bond acceptors (Lipinski definition) is 3. The maximum absolute atomic E-state index is 13.7. The first kappa shape index (κ1) is 22.3. The van der Waals surface area contributed by atoms with Gasteiger partial charge in [-0.25, -0.2) is 4.39 Å². The summed E-state index contributed by atoms with van der Waals surface area (Å²) >= 11 is 0. The van der Waals surface area contributed by atoms with Gasteiger partial charge in [-0.2, -0.15) is 0 Å². The molecule has 5 nitrogen and oxygen atoms in total. The van der Waals surface area contributed by atoms with E-state index in [0.717, 1.165) is 13.1 Å². The van der Waals surface area contributed by atoms with Crippen molar-refractivity contribution in [1.29, 1.82) is 0 Å². The maximum atomic E-state index is 13.7. The van der Waals surface area contributed by atoms with Crippen LogP contribution in [-0.4, -0.2) is 72.3 Å². The molecule has 1 aromatic rings. The summed E-state index contributed by atoms with van der Waals surface area (Å²) in [4.78, 5) is 31.2. The van der Waals surface area contributed by atoms with Crippen molar-refractivity contribution in [2.45, 2.75) is 34.6 Å². The molecule has 0 atom stereocenters. The SMILES string of the molecule is Cc1ccc(C(=O)N2CCN(CC(=O)N(CC(C)C)CC(C)C)CC2)cc1F. The van der Waals surface area contributed by atoms with Crippen molar-refractivity contribution in [2.24, 2.45) is 11.8 Å². The predicted molar refractivity (Wildman–Crippen MR) is 110 cm³/mol. The van der Waals surface area contributed by atoms with Crippen LogP contribution in [0.5, 0.6) is 0 Å². The molecule has 6 heteroatoms. The lowest BCUT2D eigenvalue weighted by Crippen LogP contribution is -2.52. The minimum Gasteiger partial charge on any atom is -0.341 e. The summed E-state index contributed by atoms with van der Waals surface area (Å²) in [6, 6.07) is 4.62. The van der Waals surface area contributed by atoms with Gasteiger partial charge in [0.1, 0.15) is 5.82 Å². The number of benzene rings is 1. The fourth-order valence-corrected chi connectivity index (χ4v) is 3.47. The standard InChI is InChI=1S/C22H34FN3O2/c1-16(2)13-26(14-17(3)4)21(27)15-24-8-10-25(11-9-24)22(28)19-7-6-18(5)20(23)12-19/h6-7,12,16-17H,8-11,13-15H2,1-5H3. The third-order valence-electron chi connectivity index (χ3n) is 4.96. The quantitative estimate of drug-likeness (QED) is 0.718. The Morgan fingerprint density at radius 3 is 2.11 bits per heavy atom. The van der Waals surface area contributed by atoms with Crippen LogP contribution in [0.1, 0.15) is 43.6 Å². The molecule has 0 aliphatic carbocycles. The molecule has 156 valence electrons. The molecule has 2 amide bonds. The number of hydrogen-bond donors (Lipinski definition) is 0. The zero-order chi connectivity index (χ0) is 20.8. The minimum atomic E-state index is -0.356. The molecule has 0 bridgehead atoms. The highest BCUT2D eigenvalue weighted by molar-refractivity contribution is 5.94. The molecule has 0 saturated carbocycles. The van der Waals surface area contributed by atoms with Crippen molar-refractivity contribution < 1.29 is 14.0 Å². The van der Waals surface area contributed by atoms with Crippen LogP contribution >= 0.6 is 0 Å². The van der Waals surface area contributed by atoms with Crippen molar-refractivity contribution in [2.75, 3.05) is 45.8 Å². The van der Waals surface area contributed by atoms with Gasteiger partial charge in [0.2, 0.25) is 5.91 Å². The summed E-state index contributed by atoms with van der Waals surface area (Å²) in [7, 11) is 0. The number of carbonyl (C=O) groups excluding carboxylic acids is 2. The van der Waals surface area contributed by atoms with E-state index in [0.29, 0.717) is 55.7 Å². The van der Waals surface area contributed by atoms with E-state index in [4.69, 9.17) is 0 Å². The second-order valence-corrected chi connectivity index (χ2v) is 8.62. The Morgan fingerprint density at radius 1 is 1.04 bits per heavy atom. The van der Waals surface area contributed by atoms with Gasteiger partial charge in [-0.15, -0.1) is 0 Å². The monoisotopic (exact) mass is 391 g/mol. The molecule has 0 aromatic heterocycles. The lowest BCUT2D eigenvalue weighted by molar-refractivity contribution is -0.133. The van der Waals surface area contributed by atoms with Gasteiger partial charge < -0.3 is 9.80 Å². The Morgan fingerprint density at radius 2 is 1.61 bits per heavy atom. The van der Waals surface area contributed by atoms with Gasteiger partial charge in [0, 0.05) is 44.8 Å². The Bertz CT molecular complexity index is 672. The van der Waals surface area contributed by atoms with Crippen LogP contribution in [0.2, 0.25) is 0 Å². The van der Waals surface area contributed by atoms with Gasteiger partial charge in [-0.05, 0) is 36.5 Å². The summed E-state index contributed by atoms with van der Waals surface area (Å²) in [5.41, 5.74) is 0.917. The lowest BCUT2D eigenvalue weighted by Gasteiger charge is -2.36. The van der Waals surface area contributed by atoms with Crippen molar-refractivity contribution in [3.63, 3.8) is 0 Å². The van der Waals surface area contributed by atoms with Crippen molar-refractivity contribution in [1.82, 2.24) is 14.7 Å². The van der Waals surface area contributed by atoms with Crippen LogP contribution < -0.4 is 0 Å². The second-order valence-electron chi connectivity index (χ2n) is 8.62. The molecule has 0 spiro atoms. The molecular formula is C22H34FN3O2. The highest BCUT2D eigenvalue weighted by Crippen LogP contribution is 2.14. The van der Waals surface area contributed by atoms with Gasteiger partial charge in [-0.1, -0.05) is 33.8 Å². The molecule has 1 saturated heterocycles. The molecule has 1 fully saturated rings. The van der Waals surface area contributed by atoms with Gasteiger partial charge >= 0.3 is 0 Å². The molecule has 1 heterocycles. The third kappa shape index (κ3) is 6.30. The number of amides is 2. The van der Waals surface area contributed by atoms with E-state index in [1.54, 1.807) is 24.0 Å². The Labute approximate surface area is 168 Å². The average Bonchev–Trinajstić information content (AvgIpc) is 2.62. The number of nitrogens with zero attached hydrogens (tertiary/aromatic N) is 3. The summed E-state index contributed by atoms with van der Waals surface area (Å²) in [6.45, 7) is 14.5. The lowest BCUT2D eigenvalue weighted by atomic mass is 10.1. The topological polar surface area (TPSA) is 43.9 Å². The van der Waals surface area contributed by atoms with Crippen molar-refractivity contribution >= 4 is 11.8 Å². The number of piperazine rings is 1. The first-order valence-corrected chi connectivity index (χ1v) is 10.2. The van der Waals surface area contributed by atoms with Crippen LogP contribution in [-0.2, 0) is 4.79 Å². The fourth-order valence-electron chi connectivity index (χ4n) is 3.47. The smallest absolute Gasteiger partial charge is 0.254 e. The zero-order valence-electron chi connectivity index (χ0n) is 17.9. The van der Waals surface area contributed by atoms with E-state index < -0.39 is 0 Å². The number of aryl methyl sites for hydroxylation is 1. The predicted octanol–water partition coefficient (Wildman–Crippen LogP) is 3.03. The fraction of sp³-hybridized carbons (Fsp3) is 0.636. The molecule has 0 radical (unpaired) electrons. The van der Waals surface area contributed by atoms with Crippen LogP contribution in [0.3, 0.4) is 0 Å². The van der Waals surface area contributed by atoms with Crippen LogP contribution in [0.15, 0.2) is 18.2 Å². The molecule has 2 rings (SSSR count). The van der Waals surface area contributed by atoms with E-state index in [2.05, 4.69) is 32.6 Å². The highest BCUT2D eigenvalue weighted by Gasteiger charge is 2.25. The summed E-state index contributed by atoms with van der Waals surface area (Å²) in [5, 5.41) is 0. The number of rotatable bonds is 7. The normalized spacial score (nSPS) is 15.4. The van der Waals surface area contributed by atoms with Crippen LogP contribution in [0, 0.1) is 24.6 Å². The van der Waals surface area contributed by atoms with Gasteiger partial charge in [-0.3, -0.25) is 14.5 Å². The minimum absolute atomic E-state index is 0.147. The molecule has 1 aliphatic heterocycles. The number of halogens is 1. The first-order chi connectivity index (χ1) is 13.2. The summed E-state index contributed by atoms with van der Waals surface area (Å²) in [6.07, 6.45) is 0. The largest absolute Gasteiger partial charge is 0.341 e. The molecule has 1 aliphatic rings. The van der Waals surface area contributed by atoms with Gasteiger partial charge in [0.15, 0.2) is 0 Å². The van der Waals surface area contributed by atoms with E-state index in [1.165, 1.54) is 6.07 Å². The van der Waals surface area contributed by atoms with E-state index in [1.807, 2.05) is 4.90 Å². The first-order valence-electron chi connectivity index (χ1n) is 10.2.